The van der Waals surface area contributed by atoms with Crippen LogP contribution >= 0.6 is 0 Å². The van der Waals surface area contributed by atoms with E-state index in [1.807, 2.05) is 0 Å². The van der Waals surface area contributed by atoms with Gasteiger partial charge in [-0.1, -0.05) is 0 Å². The number of benzene rings is 1. The summed E-state index contributed by atoms with van der Waals surface area (Å²) in [5, 5.41) is 6.88. The van der Waals surface area contributed by atoms with Crippen molar-refractivity contribution in [2.24, 2.45) is 0 Å². The fraction of sp³-hybridized carbons (Fsp3) is 0. The van der Waals surface area contributed by atoms with E-state index in [0.29, 0.717) is 11.2 Å². The van der Waals surface area contributed by atoms with E-state index < -0.39 is 0 Å². The Kier molecular flexibility index (Phi) is 1.89. The highest BCUT2D eigenvalue weighted by Crippen LogP contribution is 2.23. The minimum absolute atomic E-state index is 0.265. The summed E-state index contributed by atoms with van der Waals surface area (Å²) in [6.45, 7) is 0. The largest absolute Gasteiger partial charge is 0.273 e. The fourth-order valence-electron chi connectivity index (χ4n) is 1.57. The van der Waals surface area contributed by atoms with Crippen LogP contribution in [0.25, 0.3) is 22.4 Å². The molecule has 5 heteroatoms. The standard InChI is InChI=1S/C11H7FN4/c12-8-3-1-7(2-4-8)9-10-11(16-15-9)14-6-5-13-10/h1-6H,(H,14,15,16). The van der Waals surface area contributed by atoms with Gasteiger partial charge in [0.2, 0.25) is 0 Å². The molecule has 1 N–H and O–H groups in total. The quantitative estimate of drug-likeness (QED) is 0.675. The van der Waals surface area contributed by atoms with Gasteiger partial charge in [0.25, 0.3) is 0 Å². The van der Waals surface area contributed by atoms with Gasteiger partial charge in [-0.15, -0.1) is 0 Å². The monoisotopic (exact) mass is 214 g/mol. The predicted molar refractivity (Wildman–Crippen MR) is 57.1 cm³/mol. The van der Waals surface area contributed by atoms with Crippen molar-refractivity contribution in [2.45, 2.75) is 0 Å². The first kappa shape index (κ1) is 8.96. The maximum atomic E-state index is 12.8. The third-order valence-electron chi connectivity index (χ3n) is 2.32. The number of hydrogen-bond acceptors (Lipinski definition) is 3. The van der Waals surface area contributed by atoms with Crippen molar-refractivity contribution in [1.29, 1.82) is 0 Å². The summed E-state index contributed by atoms with van der Waals surface area (Å²) in [6.07, 6.45) is 3.18. The van der Waals surface area contributed by atoms with Gasteiger partial charge in [-0.05, 0) is 24.3 Å². The van der Waals surface area contributed by atoms with Crippen LogP contribution < -0.4 is 0 Å². The molecule has 0 saturated carbocycles. The van der Waals surface area contributed by atoms with Gasteiger partial charge >= 0.3 is 0 Å². The molecule has 0 amide bonds. The second-order valence-corrected chi connectivity index (χ2v) is 3.33. The second kappa shape index (κ2) is 3.37. The number of halogens is 1. The Bertz CT molecular complexity index is 630. The number of aromatic nitrogens is 4. The molecule has 0 unspecified atom stereocenters. The highest BCUT2D eigenvalue weighted by molar-refractivity contribution is 5.86. The first-order valence-corrected chi connectivity index (χ1v) is 4.75. The molecule has 4 nitrogen and oxygen atoms in total. The Hall–Kier alpha value is -2.30. The second-order valence-electron chi connectivity index (χ2n) is 3.33. The van der Waals surface area contributed by atoms with Gasteiger partial charge < -0.3 is 0 Å². The minimum Gasteiger partial charge on any atom is -0.273 e. The van der Waals surface area contributed by atoms with Gasteiger partial charge in [0.1, 0.15) is 11.3 Å². The van der Waals surface area contributed by atoms with Crippen LogP contribution in [-0.4, -0.2) is 20.2 Å². The van der Waals surface area contributed by atoms with E-state index in [2.05, 4.69) is 20.2 Å². The number of H-pyrrole nitrogens is 1. The lowest BCUT2D eigenvalue weighted by molar-refractivity contribution is 0.628. The van der Waals surface area contributed by atoms with Crippen LogP contribution in [-0.2, 0) is 0 Å². The summed E-state index contributed by atoms with van der Waals surface area (Å²) in [5.74, 6) is -0.265. The number of rotatable bonds is 1. The number of hydrogen-bond donors (Lipinski definition) is 1. The molecule has 2 heterocycles. The van der Waals surface area contributed by atoms with Crippen molar-refractivity contribution in [3.05, 3.63) is 42.5 Å². The Balaban J connectivity index is 2.22. The lowest BCUT2D eigenvalue weighted by atomic mass is 10.1. The molecule has 0 aliphatic carbocycles. The zero-order valence-electron chi connectivity index (χ0n) is 8.18. The Morgan fingerprint density at radius 2 is 1.75 bits per heavy atom. The molecule has 2 aromatic heterocycles. The van der Waals surface area contributed by atoms with E-state index in [1.54, 1.807) is 24.5 Å². The van der Waals surface area contributed by atoms with Crippen molar-refractivity contribution in [2.75, 3.05) is 0 Å². The Labute approximate surface area is 90.2 Å². The van der Waals surface area contributed by atoms with Crippen molar-refractivity contribution < 1.29 is 4.39 Å². The van der Waals surface area contributed by atoms with Gasteiger partial charge in [-0.3, -0.25) is 5.10 Å². The van der Waals surface area contributed by atoms with E-state index in [1.165, 1.54) is 12.1 Å². The summed E-state index contributed by atoms with van der Waals surface area (Å²) in [6, 6.07) is 6.16. The van der Waals surface area contributed by atoms with Crippen LogP contribution in [0.5, 0.6) is 0 Å². The third kappa shape index (κ3) is 1.33. The van der Waals surface area contributed by atoms with Crippen LogP contribution in [0.1, 0.15) is 0 Å². The van der Waals surface area contributed by atoms with E-state index in [4.69, 9.17) is 0 Å². The molecular formula is C11H7FN4. The molecule has 3 rings (SSSR count). The van der Waals surface area contributed by atoms with E-state index in [-0.39, 0.29) is 5.82 Å². The third-order valence-corrected chi connectivity index (χ3v) is 2.32. The van der Waals surface area contributed by atoms with Crippen LogP contribution in [0.3, 0.4) is 0 Å². The molecule has 0 bridgehead atoms. The van der Waals surface area contributed by atoms with Gasteiger partial charge in [-0.25, -0.2) is 14.4 Å². The molecule has 0 fully saturated rings. The Morgan fingerprint density at radius 3 is 2.56 bits per heavy atom. The zero-order chi connectivity index (χ0) is 11.0. The van der Waals surface area contributed by atoms with Crippen LogP contribution in [0, 0.1) is 5.82 Å². The molecule has 0 radical (unpaired) electrons. The smallest absolute Gasteiger partial charge is 0.200 e. The summed E-state index contributed by atoms with van der Waals surface area (Å²) in [5.41, 5.74) is 2.84. The van der Waals surface area contributed by atoms with Crippen molar-refractivity contribution >= 4 is 11.2 Å². The lowest BCUT2D eigenvalue weighted by Crippen LogP contribution is -1.82. The molecule has 0 spiro atoms. The number of nitrogens with zero attached hydrogens (tertiary/aromatic N) is 3. The first-order valence-electron chi connectivity index (χ1n) is 4.75. The van der Waals surface area contributed by atoms with Gasteiger partial charge in [0, 0.05) is 18.0 Å². The van der Waals surface area contributed by atoms with Crippen LogP contribution in [0.4, 0.5) is 4.39 Å². The van der Waals surface area contributed by atoms with E-state index in [9.17, 15) is 4.39 Å². The van der Waals surface area contributed by atoms with Crippen LogP contribution in [0.15, 0.2) is 36.7 Å². The fourth-order valence-corrected chi connectivity index (χ4v) is 1.57. The topological polar surface area (TPSA) is 54.5 Å². The van der Waals surface area contributed by atoms with Crippen LogP contribution in [0.2, 0.25) is 0 Å². The molecule has 0 aliphatic heterocycles. The molecule has 1 aromatic carbocycles. The molecular weight excluding hydrogens is 207 g/mol. The van der Waals surface area contributed by atoms with E-state index in [0.717, 1.165) is 11.3 Å². The lowest BCUT2D eigenvalue weighted by Gasteiger charge is -1.97. The van der Waals surface area contributed by atoms with Crippen molar-refractivity contribution in [3.8, 4) is 11.3 Å². The molecule has 16 heavy (non-hydrogen) atoms. The minimum atomic E-state index is -0.265. The van der Waals surface area contributed by atoms with Crippen molar-refractivity contribution in [1.82, 2.24) is 20.2 Å². The maximum Gasteiger partial charge on any atom is 0.200 e. The molecule has 0 saturated heterocycles. The molecule has 0 atom stereocenters. The summed E-state index contributed by atoms with van der Waals surface area (Å²) >= 11 is 0. The highest BCUT2D eigenvalue weighted by Gasteiger charge is 2.08. The summed E-state index contributed by atoms with van der Waals surface area (Å²) in [4.78, 5) is 8.26. The molecule has 78 valence electrons. The number of fused-ring (bicyclic) bond motifs is 1. The van der Waals surface area contributed by atoms with Gasteiger partial charge in [-0.2, -0.15) is 5.10 Å². The van der Waals surface area contributed by atoms with Gasteiger partial charge in [0.15, 0.2) is 5.65 Å². The number of aromatic amines is 1. The highest BCUT2D eigenvalue weighted by atomic mass is 19.1. The SMILES string of the molecule is Fc1ccc(-c2[nH]nc3nccnc23)cc1. The van der Waals surface area contributed by atoms with Gasteiger partial charge in [0.05, 0.1) is 5.69 Å². The average molecular weight is 214 g/mol. The summed E-state index contributed by atoms with van der Waals surface area (Å²) in [7, 11) is 0. The Morgan fingerprint density at radius 1 is 1.00 bits per heavy atom. The number of nitrogens with one attached hydrogen (secondary N) is 1. The maximum absolute atomic E-state index is 12.8. The summed E-state index contributed by atoms with van der Waals surface area (Å²) < 4.78 is 12.8. The predicted octanol–water partition coefficient (Wildman–Crippen LogP) is 2.16. The van der Waals surface area contributed by atoms with Crippen molar-refractivity contribution in [3.63, 3.8) is 0 Å². The molecule has 3 aromatic rings. The normalized spacial score (nSPS) is 10.8. The molecule has 0 aliphatic rings. The van der Waals surface area contributed by atoms with E-state index >= 15 is 0 Å². The average Bonchev–Trinajstić information content (AvgIpc) is 2.74. The first-order chi connectivity index (χ1) is 7.84. The zero-order valence-corrected chi connectivity index (χ0v) is 8.18.